The monoisotopic (exact) mass is 231 g/mol. The Morgan fingerprint density at radius 2 is 2.12 bits per heavy atom. The van der Waals surface area contributed by atoms with E-state index in [1.807, 2.05) is 18.2 Å². The van der Waals surface area contributed by atoms with Gasteiger partial charge in [-0.05, 0) is 23.3 Å². The third-order valence-electron chi connectivity index (χ3n) is 2.69. The van der Waals surface area contributed by atoms with Crippen LogP contribution in [-0.2, 0) is 18.0 Å². The second kappa shape index (κ2) is 3.71. The first-order valence-corrected chi connectivity index (χ1v) is 5.13. The fourth-order valence-corrected chi connectivity index (χ4v) is 1.81. The highest BCUT2D eigenvalue weighted by molar-refractivity contribution is 5.85. The molecular formula is C12H9NO4. The lowest BCUT2D eigenvalue weighted by atomic mass is 10.1. The lowest BCUT2D eigenvalue weighted by molar-refractivity contribution is 0.0690. The molecule has 1 aliphatic rings. The maximum Gasteiger partial charge on any atom is 0.357 e. The number of aromatic carboxylic acids is 1. The summed E-state index contributed by atoms with van der Waals surface area (Å²) in [5.74, 6) is -0.776. The van der Waals surface area contributed by atoms with Crippen molar-refractivity contribution in [2.75, 3.05) is 0 Å². The zero-order valence-corrected chi connectivity index (χ0v) is 8.84. The number of benzene rings is 1. The van der Waals surface area contributed by atoms with Crippen molar-refractivity contribution in [2.24, 2.45) is 0 Å². The quantitative estimate of drug-likeness (QED) is 0.856. The molecule has 0 saturated heterocycles. The van der Waals surface area contributed by atoms with Gasteiger partial charge in [0.05, 0.1) is 13.2 Å². The molecule has 0 saturated carbocycles. The van der Waals surface area contributed by atoms with Crippen LogP contribution in [0.15, 0.2) is 28.9 Å². The Balaban J connectivity index is 2.00. The van der Waals surface area contributed by atoms with Crippen molar-refractivity contribution in [1.82, 2.24) is 4.98 Å². The zero-order valence-electron chi connectivity index (χ0n) is 8.84. The Hall–Kier alpha value is -2.14. The molecular weight excluding hydrogens is 222 g/mol. The Morgan fingerprint density at radius 1 is 1.29 bits per heavy atom. The number of aromatic nitrogens is 1. The number of hydrogen-bond acceptors (Lipinski definition) is 4. The molecule has 17 heavy (non-hydrogen) atoms. The second-order valence-electron chi connectivity index (χ2n) is 3.82. The van der Waals surface area contributed by atoms with E-state index in [2.05, 4.69) is 4.98 Å². The molecule has 0 unspecified atom stereocenters. The van der Waals surface area contributed by atoms with Gasteiger partial charge in [0.25, 0.3) is 0 Å². The number of rotatable bonds is 2. The molecule has 1 aromatic heterocycles. The minimum Gasteiger partial charge on any atom is -0.476 e. The first kappa shape index (κ1) is 10.0. The van der Waals surface area contributed by atoms with Gasteiger partial charge in [0.15, 0.2) is 5.69 Å². The van der Waals surface area contributed by atoms with E-state index in [0.29, 0.717) is 19.1 Å². The van der Waals surface area contributed by atoms with Crippen LogP contribution >= 0.6 is 0 Å². The van der Waals surface area contributed by atoms with E-state index in [1.54, 1.807) is 0 Å². The predicted octanol–water partition coefficient (Wildman–Crippen LogP) is 2.07. The number of carboxylic acids is 1. The summed E-state index contributed by atoms with van der Waals surface area (Å²) >= 11 is 0. The number of ether oxygens (including phenoxy) is 1. The number of carbonyl (C=O) groups is 1. The topological polar surface area (TPSA) is 72.6 Å². The number of nitrogens with zero attached hydrogens (tertiary/aromatic N) is 1. The molecule has 86 valence electrons. The lowest BCUT2D eigenvalue weighted by Gasteiger charge is -1.99. The van der Waals surface area contributed by atoms with E-state index in [1.165, 1.54) is 0 Å². The minimum atomic E-state index is -1.09. The molecule has 0 aliphatic carbocycles. The summed E-state index contributed by atoms with van der Waals surface area (Å²) in [5.41, 5.74) is 2.93. The maximum absolute atomic E-state index is 10.7. The van der Waals surface area contributed by atoms with Crippen molar-refractivity contribution < 1.29 is 19.1 Å². The fourth-order valence-electron chi connectivity index (χ4n) is 1.81. The molecule has 3 rings (SSSR count). The van der Waals surface area contributed by atoms with Crippen molar-refractivity contribution in [3.8, 4) is 11.5 Å². The van der Waals surface area contributed by atoms with Crippen LogP contribution in [-0.4, -0.2) is 16.1 Å². The minimum absolute atomic E-state index is 0.0863. The molecule has 0 atom stereocenters. The van der Waals surface area contributed by atoms with Gasteiger partial charge in [-0.25, -0.2) is 9.78 Å². The van der Waals surface area contributed by atoms with Gasteiger partial charge in [-0.2, -0.15) is 0 Å². The molecule has 0 bridgehead atoms. The highest BCUT2D eigenvalue weighted by atomic mass is 16.5. The Morgan fingerprint density at radius 3 is 2.88 bits per heavy atom. The fraction of sp³-hybridized carbons (Fsp3) is 0.167. The summed E-state index contributed by atoms with van der Waals surface area (Å²) in [7, 11) is 0. The normalized spacial score (nSPS) is 13.6. The van der Waals surface area contributed by atoms with E-state index >= 15 is 0 Å². The van der Waals surface area contributed by atoms with Crippen molar-refractivity contribution in [1.29, 1.82) is 0 Å². The van der Waals surface area contributed by atoms with E-state index in [9.17, 15) is 4.79 Å². The van der Waals surface area contributed by atoms with Crippen molar-refractivity contribution in [2.45, 2.75) is 13.2 Å². The smallest absolute Gasteiger partial charge is 0.357 e. The number of hydrogen-bond donors (Lipinski definition) is 1. The molecule has 2 heterocycles. The molecule has 0 fully saturated rings. The van der Waals surface area contributed by atoms with Gasteiger partial charge < -0.3 is 14.3 Å². The largest absolute Gasteiger partial charge is 0.476 e. The Labute approximate surface area is 96.7 Å². The molecule has 1 N–H and O–H groups in total. The molecule has 0 radical (unpaired) electrons. The van der Waals surface area contributed by atoms with Crippen molar-refractivity contribution >= 4 is 5.97 Å². The van der Waals surface area contributed by atoms with Crippen LogP contribution < -0.4 is 0 Å². The van der Waals surface area contributed by atoms with E-state index in [-0.39, 0.29) is 5.69 Å². The Kier molecular flexibility index (Phi) is 2.19. The van der Waals surface area contributed by atoms with E-state index in [4.69, 9.17) is 14.3 Å². The highest BCUT2D eigenvalue weighted by Crippen LogP contribution is 2.26. The summed E-state index contributed by atoms with van der Waals surface area (Å²) in [4.78, 5) is 14.6. The van der Waals surface area contributed by atoms with Crippen molar-refractivity contribution in [3.05, 3.63) is 41.3 Å². The van der Waals surface area contributed by atoms with Gasteiger partial charge in [-0.1, -0.05) is 6.07 Å². The summed E-state index contributed by atoms with van der Waals surface area (Å²) < 4.78 is 10.4. The molecule has 5 heteroatoms. The average molecular weight is 231 g/mol. The number of fused-ring (bicyclic) bond motifs is 1. The summed E-state index contributed by atoms with van der Waals surface area (Å²) in [6, 6.07) is 5.72. The molecule has 2 aromatic rings. The van der Waals surface area contributed by atoms with Gasteiger partial charge in [-0.3, -0.25) is 0 Å². The van der Waals surface area contributed by atoms with Crippen LogP contribution in [0, 0.1) is 0 Å². The van der Waals surface area contributed by atoms with Crippen LogP contribution in [0.25, 0.3) is 11.5 Å². The van der Waals surface area contributed by atoms with Gasteiger partial charge in [0.2, 0.25) is 5.89 Å². The number of carboxylic acid groups (broad SMARTS) is 1. The molecule has 5 nitrogen and oxygen atoms in total. The zero-order chi connectivity index (χ0) is 11.8. The van der Waals surface area contributed by atoms with Crippen LogP contribution in [0.2, 0.25) is 0 Å². The van der Waals surface area contributed by atoms with Gasteiger partial charge in [-0.15, -0.1) is 0 Å². The molecule has 1 aliphatic heterocycles. The molecule has 0 amide bonds. The van der Waals surface area contributed by atoms with Crippen LogP contribution in [0.5, 0.6) is 0 Å². The third-order valence-corrected chi connectivity index (χ3v) is 2.69. The average Bonchev–Trinajstić information content (AvgIpc) is 2.97. The van der Waals surface area contributed by atoms with Crippen molar-refractivity contribution in [3.63, 3.8) is 0 Å². The molecule has 0 spiro atoms. The van der Waals surface area contributed by atoms with Crippen LogP contribution in [0.3, 0.4) is 0 Å². The maximum atomic E-state index is 10.7. The van der Waals surface area contributed by atoms with Gasteiger partial charge in [0.1, 0.15) is 6.26 Å². The van der Waals surface area contributed by atoms with Gasteiger partial charge in [0, 0.05) is 5.56 Å². The first-order chi connectivity index (χ1) is 8.24. The Bertz CT molecular complexity index is 588. The highest BCUT2D eigenvalue weighted by Gasteiger charge is 2.15. The summed E-state index contributed by atoms with van der Waals surface area (Å²) in [6.07, 6.45) is 1.14. The standard InChI is InChI=1S/C12H9NO4/c14-12(15)10-6-17-11(13-10)7-1-2-8-4-16-5-9(8)3-7/h1-3,6H,4-5H2,(H,14,15). The third kappa shape index (κ3) is 1.70. The lowest BCUT2D eigenvalue weighted by Crippen LogP contribution is -1.95. The predicted molar refractivity (Wildman–Crippen MR) is 57.4 cm³/mol. The number of oxazole rings is 1. The first-order valence-electron chi connectivity index (χ1n) is 5.13. The van der Waals surface area contributed by atoms with Crippen LogP contribution in [0.1, 0.15) is 21.6 Å². The van der Waals surface area contributed by atoms with Gasteiger partial charge >= 0.3 is 5.97 Å². The van der Waals surface area contributed by atoms with E-state index < -0.39 is 5.97 Å². The summed E-state index contributed by atoms with van der Waals surface area (Å²) in [6.45, 7) is 1.21. The van der Waals surface area contributed by atoms with Crippen LogP contribution in [0.4, 0.5) is 0 Å². The summed E-state index contributed by atoms with van der Waals surface area (Å²) in [5, 5.41) is 8.76. The molecule has 1 aromatic carbocycles. The second-order valence-corrected chi connectivity index (χ2v) is 3.82. The van der Waals surface area contributed by atoms with E-state index in [0.717, 1.165) is 23.0 Å². The SMILES string of the molecule is O=C(O)c1coc(-c2ccc3c(c2)COC3)n1.